The predicted octanol–water partition coefficient (Wildman–Crippen LogP) is 2.84. The standard InChI is InChI=1S/C17H14ClNO4S/c1-10-15(11-5-7-14(8-6-11)24(19,21)22)16(17(20)23-10)12-3-2-4-13(18)9-12/h2-10H,1H3,(H2,19,21,22). The lowest BCUT2D eigenvalue weighted by Crippen LogP contribution is -2.12. The number of halogens is 1. The second-order valence-electron chi connectivity index (χ2n) is 5.42. The number of nitrogens with two attached hydrogens (primary N) is 1. The van der Waals surface area contributed by atoms with Gasteiger partial charge in [0.05, 0.1) is 10.5 Å². The highest BCUT2D eigenvalue weighted by Gasteiger charge is 2.33. The Morgan fingerprint density at radius 2 is 1.75 bits per heavy atom. The molecule has 24 heavy (non-hydrogen) atoms. The quantitative estimate of drug-likeness (QED) is 0.849. The molecule has 1 atom stereocenters. The molecule has 124 valence electrons. The molecule has 7 heteroatoms. The largest absolute Gasteiger partial charge is 0.454 e. The van der Waals surface area contributed by atoms with Crippen molar-refractivity contribution in [2.45, 2.75) is 17.9 Å². The Bertz CT molecular complexity index is 949. The van der Waals surface area contributed by atoms with Crippen molar-refractivity contribution < 1.29 is 17.9 Å². The molecule has 2 N–H and O–H groups in total. The van der Waals surface area contributed by atoms with E-state index in [0.717, 1.165) is 0 Å². The summed E-state index contributed by atoms with van der Waals surface area (Å²) in [5.41, 5.74) is 2.45. The third-order valence-corrected chi connectivity index (χ3v) is 4.94. The van der Waals surface area contributed by atoms with Gasteiger partial charge in [-0.15, -0.1) is 0 Å². The van der Waals surface area contributed by atoms with Crippen molar-refractivity contribution in [1.29, 1.82) is 0 Å². The van der Waals surface area contributed by atoms with E-state index in [1.165, 1.54) is 12.1 Å². The van der Waals surface area contributed by atoms with Crippen LogP contribution in [0.1, 0.15) is 18.1 Å². The number of hydrogen-bond acceptors (Lipinski definition) is 4. The van der Waals surface area contributed by atoms with Gasteiger partial charge in [-0.1, -0.05) is 35.9 Å². The van der Waals surface area contributed by atoms with E-state index >= 15 is 0 Å². The molecule has 2 aromatic carbocycles. The Balaban J connectivity index is 2.16. The summed E-state index contributed by atoms with van der Waals surface area (Å²) in [5.74, 6) is -0.435. The van der Waals surface area contributed by atoms with E-state index in [-0.39, 0.29) is 4.90 Å². The molecule has 0 spiro atoms. The van der Waals surface area contributed by atoms with Crippen LogP contribution in [0.2, 0.25) is 5.02 Å². The fourth-order valence-electron chi connectivity index (χ4n) is 2.71. The highest BCUT2D eigenvalue weighted by Crippen LogP contribution is 2.37. The molecule has 0 bridgehead atoms. The van der Waals surface area contributed by atoms with Crippen molar-refractivity contribution in [2.75, 3.05) is 0 Å². The lowest BCUT2D eigenvalue weighted by molar-refractivity contribution is -0.136. The zero-order chi connectivity index (χ0) is 17.5. The molecule has 1 unspecified atom stereocenters. The molecule has 0 saturated heterocycles. The van der Waals surface area contributed by atoms with E-state index in [1.807, 2.05) is 0 Å². The van der Waals surface area contributed by atoms with Crippen molar-refractivity contribution >= 4 is 38.7 Å². The Labute approximate surface area is 144 Å². The van der Waals surface area contributed by atoms with E-state index < -0.39 is 22.1 Å². The maximum atomic E-state index is 12.3. The molecule has 5 nitrogen and oxygen atoms in total. The molecule has 3 rings (SSSR count). The van der Waals surface area contributed by atoms with Crippen LogP contribution in [-0.2, 0) is 19.6 Å². The monoisotopic (exact) mass is 363 g/mol. The van der Waals surface area contributed by atoms with Crippen LogP contribution in [0.4, 0.5) is 0 Å². The highest BCUT2D eigenvalue weighted by molar-refractivity contribution is 7.89. The first-order valence-corrected chi connectivity index (χ1v) is 9.04. The SMILES string of the molecule is CC1OC(=O)C(c2cccc(Cl)c2)=C1c1ccc(S(N)(=O)=O)cc1. The normalized spacial score (nSPS) is 18.0. The van der Waals surface area contributed by atoms with Gasteiger partial charge in [-0.2, -0.15) is 0 Å². The van der Waals surface area contributed by atoms with Crippen molar-refractivity contribution in [3.63, 3.8) is 0 Å². The summed E-state index contributed by atoms with van der Waals surface area (Å²) < 4.78 is 28.1. The van der Waals surface area contributed by atoms with Crippen LogP contribution in [0.3, 0.4) is 0 Å². The minimum atomic E-state index is -3.77. The lowest BCUT2D eigenvalue weighted by atomic mass is 9.93. The third kappa shape index (κ3) is 3.08. The number of carbonyl (C=O) groups excluding carboxylic acids is 1. The maximum absolute atomic E-state index is 12.3. The van der Waals surface area contributed by atoms with Gasteiger partial charge in [-0.05, 0) is 42.3 Å². The van der Waals surface area contributed by atoms with Crippen LogP contribution in [-0.4, -0.2) is 20.5 Å². The summed E-state index contributed by atoms with van der Waals surface area (Å²) in [6.07, 6.45) is -0.452. The van der Waals surface area contributed by atoms with Gasteiger partial charge in [0.2, 0.25) is 10.0 Å². The summed E-state index contributed by atoms with van der Waals surface area (Å²) >= 11 is 6.02. The topological polar surface area (TPSA) is 86.5 Å². The van der Waals surface area contributed by atoms with Gasteiger partial charge in [-0.3, -0.25) is 0 Å². The molecule has 0 aliphatic carbocycles. The van der Waals surface area contributed by atoms with Gasteiger partial charge < -0.3 is 4.74 Å². The van der Waals surface area contributed by atoms with E-state index in [9.17, 15) is 13.2 Å². The van der Waals surface area contributed by atoms with Crippen LogP contribution >= 0.6 is 11.6 Å². The van der Waals surface area contributed by atoms with E-state index in [4.69, 9.17) is 21.5 Å². The van der Waals surface area contributed by atoms with E-state index in [2.05, 4.69) is 0 Å². The lowest BCUT2D eigenvalue weighted by Gasteiger charge is -2.10. The molecule has 1 heterocycles. The molecule has 0 saturated carbocycles. The Morgan fingerprint density at radius 3 is 2.33 bits per heavy atom. The van der Waals surface area contributed by atoms with Crippen molar-refractivity contribution in [2.24, 2.45) is 5.14 Å². The van der Waals surface area contributed by atoms with Crippen LogP contribution in [0, 0.1) is 0 Å². The number of esters is 1. The van der Waals surface area contributed by atoms with E-state index in [0.29, 0.717) is 27.3 Å². The van der Waals surface area contributed by atoms with Crippen LogP contribution < -0.4 is 5.14 Å². The Hall–Kier alpha value is -2.15. The number of primary sulfonamides is 1. The zero-order valence-electron chi connectivity index (χ0n) is 12.7. The number of hydrogen-bond donors (Lipinski definition) is 1. The first-order valence-electron chi connectivity index (χ1n) is 7.11. The number of sulfonamides is 1. The summed E-state index contributed by atoms with van der Waals surface area (Å²) in [4.78, 5) is 12.3. The molecule has 1 aliphatic rings. The van der Waals surface area contributed by atoms with Crippen LogP contribution in [0.15, 0.2) is 53.4 Å². The highest BCUT2D eigenvalue weighted by atomic mass is 35.5. The predicted molar refractivity (Wildman–Crippen MR) is 91.6 cm³/mol. The van der Waals surface area contributed by atoms with Crippen molar-refractivity contribution in [1.82, 2.24) is 0 Å². The molecular weight excluding hydrogens is 350 g/mol. The van der Waals surface area contributed by atoms with Crippen LogP contribution in [0.25, 0.3) is 11.1 Å². The number of cyclic esters (lactones) is 1. The van der Waals surface area contributed by atoms with Crippen molar-refractivity contribution in [3.05, 3.63) is 64.7 Å². The minimum Gasteiger partial charge on any atom is -0.454 e. The number of rotatable bonds is 3. The Morgan fingerprint density at radius 1 is 1.08 bits per heavy atom. The fraction of sp³-hybridized carbons (Fsp3) is 0.118. The fourth-order valence-corrected chi connectivity index (χ4v) is 3.42. The van der Waals surface area contributed by atoms with Crippen LogP contribution in [0.5, 0.6) is 0 Å². The molecule has 2 aromatic rings. The van der Waals surface area contributed by atoms with Crippen molar-refractivity contribution in [3.8, 4) is 0 Å². The maximum Gasteiger partial charge on any atom is 0.339 e. The first-order chi connectivity index (χ1) is 11.3. The molecule has 1 aliphatic heterocycles. The van der Waals surface area contributed by atoms with Gasteiger partial charge in [0.1, 0.15) is 6.10 Å². The van der Waals surface area contributed by atoms with Gasteiger partial charge in [-0.25, -0.2) is 18.4 Å². The second kappa shape index (κ2) is 6.05. The first kappa shape index (κ1) is 16.7. The molecule has 0 radical (unpaired) electrons. The number of carbonyl (C=O) groups is 1. The summed E-state index contributed by atoms with van der Waals surface area (Å²) in [6, 6.07) is 13.0. The molecule has 0 aromatic heterocycles. The van der Waals surface area contributed by atoms with Gasteiger partial charge in [0.15, 0.2) is 0 Å². The summed E-state index contributed by atoms with van der Waals surface area (Å²) in [5, 5.41) is 5.62. The number of ether oxygens (including phenoxy) is 1. The zero-order valence-corrected chi connectivity index (χ0v) is 14.3. The average Bonchev–Trinajstić information content (AvgIpc) is 2.81. The third-order valence-electron chi connectivity index (χ3n) is 3.77. The molecule has 0 fully saturated rings. The summed E-state index contributed by atoms with van der Waals surface area (Å²) in [7, 11) is -3.77. The molecular formula is C17H14ClNO4S. The Kier molecular flexibility index (Phi) is 4.21. The van der Waals surface area contributed by atoms with Gasteiger partial charge in [0, 0.05) is 10.6 Å². The molecule has 0 amide bonds. The average molecular weight is 364 g/mol. The minimum absolute atomic E-state index is 0.00838. The van der Waals surface area contributed by atoms with E-state index in [1.54, 1.807) is 43.3 Å². The second-order valence-corrected chi connectivity index (χ2v) is 7.41. The van der Waals surface area contributed by atoms with Gasteiger partial charge in [0.25, 0.3) is 0 Å². The van der Waals surface area contributed by atoms with Gasteiger partial charge >= 0.3 is 5.97 Å². The smallest absolute Gasteiger partial charge is 0.339 e. The summed E-state index contributed by atoms with van der Waals surface area (Å²) in [6.45, 7) is 1.76. The number of benzene rings is 2.